The number of nitrogens with two attached hydrogens (primary N) is 1. The van der Waals surface area contributed by atoms with Gasteiger partial charge in [0.1, 0.15) is 47.0 Å². The number of pyridine rings is 1. The largest absolute Gasteiger partial charge is 0.470 e. The van der Waals surface area contributed by atoms with Gasteiger partial charge in [-0.3, -0.25) is 4.79 Å². The van der Waals surface area contributed by atoms with Crippen molar-refractivity contribution in [1.82, 2.24) is 15.0 Å². The van der Waals surface area contributed by atoms with Crippen molar-refractivity contribution in [3.63, 3.8) is 0 Å². The van der Waals surface area contributed by atoms with Gasteiger partial charge in [0, 0.05) is 6.54 Å². The highest BCUT2D eigenvalue weighted by atomic mass is 35.5. The van der Waals surface area contributed by atoms with Crippen LogP contribution in [-0.4, -0.2) is 39.4 Å². The van der Waals surface area contributed by atoms with Crippen LogP contribution in [0.4, 0.5) is 18.9 Å². The van der Waals surface area contributed by atoms with Crippen LogP contribution in [-0.2, 0) is 0 Å². The molecule has 2 heterocycles. The first-order chi connectivity index (χ1) is 14.4. The number of alkyl halides is 1. The summed E-state index contributed by atoms with van der Waals surface area (Å²) in [5.74, 6) is -3.72. The number of rotatable bonds is 7. The molecule has 0 fully saturated rings. The van der Waals surface area contributed by atoms with E-state index in [0.29, 0.717) is 0 Å². The Bertz CT molecular complexity index is 1050. The molecule has 1 unspecified atom stereocenters. The third-order valence-electron chi connectivity index (χ3n) is 3.92. The van der Waals surface area contributed by atoms with Crippen molar-refractivity contribution in [1.29, 1.82) is 0 Å². The monoisotopic (exact) mass is 437 g/mol. The van der Waals surface area contributed by atoms with Crippen LogP contribution in [0.2, 0.25) is 0 Å². The molecule has 3 rings (SSSR count). The minimum atomic E-state index is -1.01. The molecule has 1 aromatic carbocycles. The molecule has 3 N–H and O–H groups in total. The van der Waals surface area contributed by atoms with E-state index in [1.54, 1.807) is 0 Å². The van der Waals surface area contributed by atoms with E-state index in [2.05, 4.69) is 20.3 Å². The quantitative estimate of drug-likeness (QED) is 0.550. The van der Waals surface area contributed by atoms with Crippen LogP contribution >= 0.6 is 11.6 Å². The summed E-state index contributed by atoms with van der Waals surface area (Å²) in [6.45, 7) is 0.109. The molecule has 3 aromatic rings. The van der Waals surface area contributed by atoms with Crippen molar-refractivity contribution < 1.29 is 22.7 Å². The zero-order chi connectivity index (χ0) is 21.7. The van der Waals surface area contributed by atoms with Gasteiger partial charge >= 0.3 is 0 Å². The summed E-state index contributed by atoms with van der Waals surface area (Å²) in [5.41, 5.74) is 4.01. The molecule has 0 spiro atoms. The van der Waals surface area contributed by atoms with Crippen LogP contribution < -0.4 is 15.8 Å². The Morgan fingerprint density at radius 3 is 2.57 bits per heavy atom. The maximum Gasteiger partial charge on any atom is 0.274 e. The van der Waals surface area contributed by atoms with E-state index in [-0.39, 0.29) is 29.7 Å². The Morgan fingerprint density at radius 1 is 1.17 bits per heavy atom. The molecule has 0 saturated heterocycles. The molecule has 0 aliphatic carbocycles. The molecular weight excluding hydrogens is 423 g/mol. The average molecular weight is 438 g/mol. The summed E-state index contributed by atoms with van der Waals surface area (Å²) in [4.78, 5) is 24.1. The average Bonchev–Trinajstić information content (AvgIpc) is 2.74. The van der Waals surface area contributed by atoms with E-state index in [0.717, 1.165) is 30.3 Å². The number of benzene rings is 1. The van der Waals surface area contributed by atoms with Crippen LogP contribution in [0.15, 0.2) is 42.9 Å². The van der Waals surface area contributed by atoms with Crippen LogP contribution in [0, 0.1) is 17.5 Å². The van der Waals surface area contributed by atoms with Gasteiger partial charge in [0.2, 0.25) is 5.88 Å². The molecule has 0 bridgehead atoms. The second kappa shape index (κ2) is 9.51. The lowest BCUT2D eigenvalue weighted by molar-refractivity contribution is 0.102. The lowest BCUT2D eigenvalue weighted by Crippen LogP contribution is -2.29. The minimum Gasteiger partial charge on any atom is -0.470 e. The molecule has 0 saturated carbocycles. The molecule has 1 amide bonds. The predicted octanol–water partition coefficient (Wildman–Crippen LogP) is 3.15. The molecule has 0 aliphatic heterocycles. The molecule has 11 heteroatoms. The standard InChI is InChI=1S/C19H15ClF3N5O2/c20-6-10(7-24)30-19-15(8-25-9-26-19)28-18(29)14-5-4-13(23)17(27-14)16-11(21)2-1-3-12(16)22/h1-5,8-10H,6-7,24H2,(H,28,29). The van der Waals surface area contributed by atoms with Gasteiger partial charge in [-0.25, -0.2) is 23.1 Å². The van der Waals surface area contributed by atoms with Crippen LogP contribution in [0.3, 0.4) is 0 Å². The molecule has 30 heavy (non-hydrogen) atoms. The predicted molar refractivity (Wildman–Crippen MR) is 104 cm³/mol. The van der Waals surface area contributed by atoms with Gasteiger partial charge in [-0.2, -0.15) is 4.98 Å². The van der Waals surface area contributed by atoms with Crippen LogP contribution in [0.25, 0.3) is 11.3 Å². The Hall–Kier alpha value is -3.24. The zero-order valence-electron chi connectivity index (χ0n) is 15.3. The topological polar surface area (TPSA) is 103 Å². The Morgan fingerprint density at radius 2 is 1.90 bits per heavy atom. The number of carbonyl (C=O) groups excluding carboxylic acids is 1. The first-order valence-corrected chi connectivity index (χ1v) is 9.13. The number of ether oxygens (including phenoxy) is 1. The summed E-state index contributed by atoms with van der Waals surface area (Å²) in [5, 5.41) is 2.46. The van der Waals surface area contributed by atoms with Crippen LogP contribution in [0.5, 0.6) is 5.88 Å². The number of hydrogen-bond acceptors (Lipinski definition) is 6. The molecule has 0 aliphatic rings. The molecular formula is C19H15ClF3N5O2. The number of nitrogens with one attached hydrogen (secondary N) is 1. The smallest absolute Gasteiger partial charge is 0.274 e. The van der Waals surface area contributed by atoms with E-state index in [1.165, 1.54) is 12.5 Å². The van der Waals surface area contributed by atoms with Crippen molar-refractivity contribution in [3.8, 4) is 17.1 Å². The second-order valence-electron chi connectivity index (χ2n) is 5.95. The summed E-state index contributed by atoms with van der Waals surface area (Å²) in [6.07, 6.45) is 1.90. The highest BCUT2D eigenvalue weighted by Gasteiger charge is 2.20. The van der Waals surface area contributed by atoms with Crippen molar-refractivity contribution >= 4 is 23.2 Å². The van der Waals surface area contributed by atoms with Crippen molar-refractivity contribution in [2.75, 3.05) is 17.7 Å². The zero-order valence-corrected chi connectivity index (χ0v) is 16.0. The number of aromatic nitrogens is 3. The van der Waals surface area contributed by atoms with E-state index in [9.17, 15) is 18.0 Å². The third-order valence-corrected chi connectivity index (χ3v) is 4.26. The van der Waals surface area contributed by atoms with Crippen molar-refractivity contribution in [2.45, 2.75) is 6.10 Å². The lowest BCUT2D eigenvalue weighted by atomic mass is 10.1. The first kappa shape index (κ1) is 21.5. The molecule has 156 valence electrons. The van der Waals surface area contributed by atoms with Crippen molar-refractivity contribution in [3.05, 3.63) is 66.0 Å². The number of carbonyl (C=O) groups is 1. The summed E-state index contributed by atoms with van der Waals surface area (Å²) < 4.78 is 47.8. The first-order valence-electron chi connectivity index (χ1n) is 8.59. The maximum absolute atomic E-state index is 14.2. The fourth-order valence-corrected chi connectivity index (χ4v) is 2.64. The summed E-state index contributed by atoms with van der Waals surface area (Å²) >= 11 is 5.75. The number of hydrogen-bond donors (Lipinski definition) is 2. The van der Waals surface area contributed by atoms with Gasteiger partial charge < -0.3 is 15.8 Å². The fourth-order valence-electron chi connectivity index (χ4n) is 2.45. The van der Waals surface area contributed by atoms with Crippen molar-refractivity contribution in [2.24, 2.45) is 5.73 Å². The van der Waals surface area contributed by atoms with Gasteiger partial charge in [0.05, 0.1) is 17.6 Å². The normalized spacial score (nSPS) is 11.8. The van der Waals surface area contributed by atoms with E-state index in [1.807, 2.05) is 0 Å². The summed E-state index contributed by atoms with van der Waals surface area (Å²) in [6, 6.07) is 5.01. The van der Waals surface area contributed by atoms with E-state index >= 15 is 0 Å². The fraction of sp³-hybridized carbons (Fsp3) is 0.158. The highest BCUT2D eigenvalue weighted by Crippen LogP contribution is 2.27. The Balaban J connectivity index is 1.91. The molecule has 2 aromatic heterocycles. The molecule has 1 atom stereocenters. The van der Waals surface area contributed by atoms with Gasteiger partial charge in [-0.1, -0.05) is 6.07 Å². The van der Waals surface area contributed by atoms with E-state index < -0.39 is 40.7 Å². The molecule has 0 radical (unpaired) electrons. The highest BCUT2D eigenvalue weighted by molar-refractivity contribution is 6.18. The maximum atomic E-state index is 14.2. The van der Waals surface area contributed by atoms with Gasteiger partial charge in [-0.05, 0) is 24.3 Å². The number of anilines is 1. The number of nitrogens with zero attached hydrogens (tertiary/aromatic N) is 3. The Kier molecular flexibility index (Phi) is 6.80. The second-order valence-corrected chi connectivity index (χ2v) is 6.26. The summed E-state index contributed by atoms with van der Waals surface area (Å²) in [7, 11) is 0. The molecule has 7 nitrogen and oxygen atoms in total. The lowest BCUT2D eigenvalue weighted by Gasteiger charge is -2.16. The van der Waals surface area contributed by atoms with Gasteiger partial charge in [-0.15, -0.1) is 11.6 Å². The van der Waals surface area contributed by atoms with E-state index in [4.69, 9.17) is 22.1 Å². The minimum absolute atomic E-state index is 0.0110. The number of amides is 1. The Labute approximate surface area is 174 Å². The third kappa shape index (κ3) is 4.66. The van der Waals surface area contributed by atoms with Crippen LogP contribution in [0.1, 0.15) is 10.5 Å². The van der Waals surface area contributed by atoms with Gasteiger partial charge in [0.25, 0.3) is 5.91 Å². The van der Waals surface area contributed by atoms with Gasteiger partial charge in [0.15, 0.2) is 0 Å². The SMILES string of the molecule is NCC(CCl)Oc1ncncc1NC(=O)c1ccc(F)c(-c2c(F)cccc2F)n1. The number of halogens is 4.